The number of nitrogens with two attached hydrogens (primary N) is 1. The van der Waals surface area contributed by atoms with Gasteiger partial charge in [-0.3, -0.25) is 4.79 Å². The summed E-state index contributed by atoms with van der Waals surface area (Å²) >= 11 is 0. The van der Waals surface area contributed by atoms with E-state index in [4.69, 9.17) is 5.73 Å². The van der Waals surface area contributed by atoms with Crippen LogP contribution >= 0.6 is 0 Å². The summed E-state index contributed by atoms with van der Waals surface area (Å²) in [6, 6.07) is 0.129. The number of primary amides is 1. The minimum atomic E-state index is -0.368. The fourth-order valence-corrected chi connectivity index (χ4v) is 2.02. The SMILES string of the molecule is CNc1ncnc(N(CC(N)=O)C(C)C)c1C(C)C. The van der Waals surface area contributed by atoms with Crippen LogP contribution in [-0.4, -0.2) is 35.5 Å². The molecule has 1 rings (SSSR count). The molecule has 1 amide bonds. The van der Waals surface area contributed by atoms with Gasteiger partial charge in [0.1, 0.15) is 18.0 Å². The van der Waals surface area contributed by atoms with Crippen LogP contribution in [0.3, 0.4) is 0 Å². The molecular formula is C13H23N5O. The lowest BCUT2D eigenvalue weighted by Crippen LogP contribution is -2.40. The number of anilines is 2. The quantitative estimate of drug-likeness (QED) is 0.811. The van der Waals surface area contributed by atoms with Crippen molar-refractivity contribution in [1.82, 2.24) is 9.97 Å². The second-order valence-electron chi connectivity index (χ2n) is 5.05. The molecule has 0 unspecified atom stereocenters. The number of hydrogen-bond acceptors (Lipinski definition) is 5. The van der Waals surface area contributed by atoms with Gasteiger partial charge in [0.05, 0.1) is 6.54 Å². The molecule has 1 aromatic heterocycles. The van der Waals surface area contributed by atoms with Gasteiger partial charge in [-0.05, 0) is 19.8 Å². The summed E-state index contributed by atoms with van der Waals surface area (Å²) in [5.74, 6) is 1.43. The van der Waals surface area contributed by atoms with Gasteiger partial charge >= 0.3 is 0 Å². The maximum absolute atomic E-state index is 11.2. The third kappa shape index (κ3) is 3.56. The zero-order valence-corrected chi connectivity index (χ0v) is 12.3. The van der Waals surface area contributed by atoms with Crippen molar-refractivity contribution in [2.45, 2.75) is 39.7 Å². The van der Waals surface area contributed by atoms with Gasteiger partial charge in [0.25, 0.3) is 0 Å². The first-order valence-corrected chi connectivity index (χ1v) is 6.46. The van der Waals surface area contributed by atoms with Crippen molar-refractivity contribution >= 4 is 17.5 Å². The van der Waals surface area contributed by atoms with E-state index in [0.29, 0.717) is 0 Å². The van der Waals surface area contributed by atoms with Gasteiger partial charge in [0.2, 0.25) is 5.91 Å². The zero-order chi connectivity index (χ0) is 14.6. The molecule has 0 fully saturated rings. The first-order chi connectivity index (χ1) is 8.88. The van der Waals surface area contributed by atoms with Crippen molar-refractivity contribution in [2.24, 2.45) is 5.73 Å². The zero-order valence-electron chi connectivity index (χ0n) is 12.3. The number of amides is 1. The van der Waals surface area contributed by atoms with Gasteiger partial charge in [-0.1, -0.05) is 13.8 Å². The molecule has 19 heavy (non-hydrogen) atoms. The maximum Gasteiger partial charge on any atom is 0.237 e. The van der Waals surface area contributed by atoms with E-state index < -0.39 is 0 Å². The first kappa shape index (κ1) is 15.2. The highest BCUT2D eigenvalue weighted by molar-refractivity contribution is 5.80. The normalized spacial score (nSPS) is 10.9. The van der Waals surface area contributed by atoms with Crippen LogP contribution in [0.25, 0.3) is 0 Å². The van der Waals surface area contributed by atoms with Crippen LogP contribution in [0.4, 0.5) is 11.6 Å². The molecule has 0 saturated carbocycles. The average molecular weight is 265 g/mol. The van der Waals surface area contributed by atoms with Gasteiger partial charge in [0, 0.05) is 18.7 Å². The highest BCUT2D eigenvalue weighted by Crippen LogP contribution is 2.31. The molecule has 0 radical (unpaired) electrons. The lowest BCUT2D eigenvalue weighted by Gasteiger charge is -2.30. The summed E-state index contributed by atoms with van der Waals surface area (Å²) in [6.45, 7) is 8.32. The minimum absolute atomic E-state index is 0.129. The van der Waals surface area contributed by atoms with Gasteiger partial charge in [-0.25, -0.2) is 9.97 Å². The second-order valence-corrected chi connectivity index (χ2v) is 5.05. The molecule has 0 aliphatic carbocycles. The summed E-state index contributed by atoms with van der Waals surface area (Å²) in [5, 5.41) is 3.07. The monoisotopic (exact) mass is 265 g/mol. The second kappa shape index (κ2) is 6.36. The average Bonchev–Trinajstić information content (AvgIpc) is 2.34. The van der Waals surface area contributed by atoms with Crippen LogP contribution in [-0.2, 0) is 4.79 Å². The standard InChI is InChI=1S/C13H23N5O/c1-8(2)11-12(15-5)16-7-17-13(11)18(9(3)4)6-10(14)19/h7-9H,6H2,1-5H3,(H2,14,19)(H,15,16,17). The van der Waals surface area contributed by atoms with Crippen molar-refractivity contribution < 1.29 is 4.79 Å². The summed E-state index contributed by atoms with van der Waals surface area (Å²) in [6.07, 6.45) is 1.50. The van der Waals surface area contributed by atoms with E-state index in [1.54, 1.807) is 0 Å². The van der Waals surface area contributed by atoms with Crippen molar-refractivity contribution in [3.8, 4) is 0 Å². The van der Waals surface area contributed by atoms with Crippen molar-refractivity contribution in [2.75, 3.05) is 23.8 Å². The number of carbonyl (C=O) groups is 1. The minimum Gasteiger partial charge on any atom is -0.373 e. The van der Waals surface area contributed by atoms with Gasteiger partial charge < -0.3 is 16.0 Å². The number of aromatic nitrogens is 2. The predicted octanol–water partition coefficient (Wildman–Crippen LogP) is 1.34. The third-order valence-corrected chi connectivity index (χ3v) is 2.90. The highest BCUT2D eigenvalue weighted by Gasteiger charge is 2.22. The molecule has 0 aliphatic rings. The highest BCUT2D eigenvalue weighted by atomic mass is 16.1. The van der Waals surface area contributed by atoms with E-state index in [9.17, 15) is 4.79 Å². The smallest absolute Gasteiger partial charge is 0.237 e. The van der Waals surface area contributed by atoms with Crippen molar-refractivity contribution in [3.05, 3.63) is 11.9 Å². The van der Waals surface area contributed by atoms with Crippen LogP contribution < -0.4 is 16.0 Å². The molecule has 1 heterocycles. The Bertz CT molecular complexity index is 445. The summed E-state index contributed by atoms with van der Waals surface area (Å²) in [4.78, 5) is 21.7. The predicted molar refractivity (Wildman–Crippen MR) is 77.3 cm³/mol. The third-order valence-electron chi connectivity index (χ3n) is 2.90. The van der Waals surface area contributed by atoms with E-state index in [1.165, 1.54) is 6.33 Å². The Morgan fingerprint density at radius 1 is 1.37 bits per heavy atom. The molecule has 1 aromatic rings. The lowest BCUT2D eigenvalue weighted by atomic mass is 10.0. The van der Waals surface area contributed by atoms with Crippen LogP contribution in [0.1, 0.15) is 39.2 Å². The number of hydrogen-bond donors (Lipinski definition) is 2. The number of rotatable bonds is 6. The van der Waals surface area contributed by atoms with E-state index in [1.807, 2.05) is 25.8 Å². The molecule has 0 spiro atoms. The summed E-state index contributed by atoms with van der Waals surface area (Å²) in [7, 11) is 1.83. The van der Waals surface area contributed by atoms with E-state index in [-0.39, 0.29) is 24.4 Å². The summed E-state index contributed by atoms with van der Waals surface area (Å²) < 4.78 is 0. The molecule has 0 atom stereocenters. The van der Waals surface area contributed by atoms with E-state index >= 15 is 0 Å². The number of nitrogens with zero attached hydrogens (tertiary/aromatic N) is 3. The van der Waals surface area contributed by atoms with Crippen LogP contribution in [0.15, 0.2) is 6.33 Å². The number of carbonyl (C=O) groups excluding carboxylic acids is 1. The Balaban J connectivity index is 3.33. The fourth-order valence-electron chi connectivity index (χ4n) is 2.02. The Morgan fingerprint density at radius 3 is 2.42 bits per heavy atom. The van der Waals surface area contributed by atoms with Crippen LogP contribution in [0, 0.1) is 0 Å². The molecule has 106 valence electrons. The van der Waals surface area contributed by atoms with Crippen molar-refractivity contribution in [3.63, 3.8) is 0 Å². The van der Waals surface area contributed by atoms with Gasteiger partial charge in [-0.15, -0.1) is 0 Å². The van der Waals surface area contributed by atoms with Gasteiger partial charge in [0.15, 0.2) is 0 Å². The van der Waals surface area contributed by atoms with Crippen molar-refractivity contribution in [1.29, 1.82) is 0 Å². The van der Waals surface area contributed by atoms with E-state index in [0.717, 1.165) is 17.2 Å². The first-order valence-electron chi connectivity index (χ1n) is 6.46. The van der Waals surface area contributed by atoms with Crippen LogP contribution in [0.5, 0.6) is 0 Å². The molecule has 0 bridgehead atoms. The molecule has 0 aromatic carbocycles. The molecule has 0 saturated heterocycles. The van der Waals surface area contributed by atoms with Gasteiger partial charge in [-0.2, -0.15) is 0 Å². The number of nitrogens with one attached hydrogen (secondary N) is 1. The Kier molecular flexibility index (Phi) is 5.09. The molecule has 6 heteroatoms. The maximum atomic E-state index is 11.2. The molecule has 6 nitrogen and oxygen atoms in total. The molecule has 0 aliphatic heterocycles. The fraction of sp³-hybridized carbons (Fsp3) is 0.615. The molecular weight excluding hydrogens is 242 g/mol. The van der Waals surface area contributed by atoms with E-state index in [2.05, 4.69) is 29.1 Å². The van der Waals surface area contributed by atoms with Crippen LogP contribution in [0.2, 0.25) is 0 Å². The largest absolute Gasteiger partial charge is 0.373 e. The Morgan fingerprint density at radius 2 is 2.00 bits per heavy atom. The lowest BCUT2D eigenvalue weighted by molar-refractivity contribution is -0.116. The summed E-state index contributed by atoms with van der Waals surface area (Å²) in [5.41, 5.74) is 6.33. The Labute approximate surface area is 114 Å². The Hall–Kier alpha value is -1.85. The molecule has 3 N–H and O–H groups in total. The topological polar surface area (TPSA) is 84.1 Å².